The summed E-state index contributed by atoms with van der Waals surface area (Å²) >= 11 is 0. The Kier molecular flexibility index (Phi) is 4.26. The monoisotopic (exact) mass is 286 g/mol. The van der Waals surface area contributed by atoms with Gasteiger partial charge in [-0.25, -0.2) is 4.39 Å². The molecule has 0 aliphatic carbocycles. The maximum Gasteiger partial charge on any atom is 0.138 e. The number of aryl methyl sites for hydroxylation is 1. The number of halogens is 1. The highest BCUT2D eigenvalue weighted by molar-refractivity contribution is 5.97. The molecule has 0 spiro atoms. The summed E-state index contributed by atoms with van der Waals surface area (Å²) in [6.45, 7) is 6.30. The molecule has 3 nitrogen and oxygen atoms in total. The van der Waals surface area contributed by atoms with Crippen LogP contribution in [0.1, 0.15) is 36.5 Å². The van der Waals surface area contributed by atoms with E-state index in [0.717, 1.165) is 5.56 Å². The van der Waals surface area contributed by atoms with E-state index in [1.165, 1.54) is 23.8 Å². The van der Waals surface area contributed by atoms with Crippen molar-refractivity contribution in [2.45, 2.75) is 26.7 Å². The standard InChI is InChI=1S/C17H19FN2O/c1-10(2)14-6-5-13(8-11(14)3)21-16-7-4-12(18)9-15(16)17(19)20/h4-10H,1-3H3,(H3,19,20). The molecule has 0 heterocycles. The molecule has 0 bridgehead atoms. The van der Waals surface area contributed by atoms with Crippen molar-refractivity contribution in [2.24, 2.45) is 5.73 Å². The molecule has 3 N–H and O–H groups in total. The zero-order chi connectivity index (χ0) is 15.6. The molecule has 0 saturated carbocycles. The van der Waals surface area contributed by atoms with Gasteiger partial charge in [-0.3, -0.25) is 5.41 Å². The largest absolute Gasteiger partial charge is 0.457 e. The van der Waals surface area contributed by atoms with Crippen LogP contribution in [0.2, 0.25) is 0 Å². The van der Waals surface area contributed by atoms with Gasteiger partial charge < -0.3 is 10.5 Å². The number of nitrogen functional groups attached to an aromatic ring is 1. The van der Waals surface area contributed by atoms with E-state index in [0.29, 0.717) is 17.4 Å². The van der Waals surface area contributed by atoms with Crippen LogP contribution in [0.3, 0.4) is 0 Å². The first-order valence-electron chi connectivity index (χ1n) is 6.81. The second kappa shape index (κ2) is 5.95. The van der Waals surface area contributed by atoms with Gasteiger partial charge in [0.15, 0.2) is 0 Å². The quantitative estimate of drug-likeness (QED) is 0.649. The van der Waals surface area contributed by atoms with Crippen LogP contribution in [-0.4, -0.2) is 5.84 Å². The summed E-state index contributed by atoms with van der Waals surface area (Å²) in [4.78, 5) is 0. The van der Waals surface area contributed by atoms with Crippen LogP contribution < -0.4 is 10.5 Å². The summed E-state index contributed by atoms with van der Waals surface area (Å²) in [5.41, 5.74) is 8.11. The maximum absolute atomic E-state index is 13.2. The Bertz CT molecular complexity index is 680. The second-order valence-corrected chi connectivity index (χ2v) is 5.33. The average Bonchev–Trinajstić information content (AvgIpc) is 2.40. The summed E-state index contributed by atoms with van der Waals surface area (Å²) in [5, 5.41) is 7.50. The van der Waals surface area contributed by atoms with Crippen LogP contribution in [0.4, 0.5) is 4.39 Å². The smallest absolute Gasteiger partial charge is 0.138 e. The van der Waals surface area contributed by atoms with Gasteiger partial charge >= 0.3 is 0 Å². The number of nitrogens with one attached hydrogen (secondary N) is 1. The molecule has 0 unspecified atom stereocenters. The second-order valence-electron chi connectivity index (χ2n) is 5.33. The van der Waals surface area contributed by atoms with E-state index >= 15 is 0 Å². The Balaban J connectivity index is 2.35. The first kappa shape index (κ1) is 15.0. The lowest BCUT2D eigenvalue weighted by Gasteiger charge is -2.14. The molecular formula is C17H19FN2O. The first-order chi connectivity index (χ1) is 9.88. The summed E-state index contributed by atoms with van der Waals surface area (Å²) < 4.78 is 19.0. The molecular weight excluding hydrogens is 267 g/mol. The number of amidine groups is 1. The third-order valence-electron chi connectivity index (χ3n) is 3.32. The normalized spacial score (nSPS) is 10.7. The van der Waals surface area contributed by atoms with Crippen molar-refractivity contribution in [1.29, 1.82) is 5.41 Å². The molecule has 0 aliphatic rings. The van der Waals surface area contributed by atoms with Gasteiger partial charge in [-0.05, 0) is 54.3 Å². The summed E-state index contributed by atoms with van der Waals surface area (Å²) in [6, 6.07) is 9.80. The van der Waals surface area contributed by atoms with Gasteiger partial charge in [0.2, 0.25) is 0 Å². The highest BCUT2D eigenvalue weighted by Crippen LogP contribution is 2.29. The van der Waals surface area contributed by atoms with Gasteiger partial charge in [0, 0.05) is 0 Å². The lowest BCUT2D eigenvalue weighted by atomic mass is 9.98. The Labute approximate surface area is 124 Å². The minimum atomic E-state index is -0.445. The van der Waals surface area contributed by atoms with E-state index in [2.05, 4.69) is 13.8 Å². The van der Waals surface area contributed by atoms with Crippen molar-refractivity contribution in [3.8, 4) is 11.5 Å². The Morgan fingerprint density at radius 1 is 1.19 bits per heavy atom. The molecule has 0 amide bonds. The minimum absolute atomic E-state index is 0.222. The van der Waals surface area contributed by atoms with Gasteiger partial charge in [-0.15, -0.1) is 0 Å². The van der Waals surface area contributed by atoms with Gasteiger partial charge in [0.25, 0.3) is 0 Å². The lowest BCUT2D eigenvalue weighted by Crippen LogP contribution is -2.12. The lowest BCUT2D eigenvalue weighted by molar-refractivity contribution is 0.478. The molecule has 0 aromatic heterocycles. The number of benzene rings is 2. The molecule has 4 heteroatoms. The SMILES string of the molecule is Cc1cc(Oc2ccc(F)cc2C(=N)N)ccc1C(C)C. The van der Waals surface area contributed by atoms with Crippen LogP contribution in [0.25, 0.3) is 0 Å². The molecule has 0 saturated heterocycles. The molecule has 2 aromatic carbocycles. The first-order valence-corrected chi connectivity index (χ1v) is 6.81. The zero-order valence-electron chi connectivity index (χ0n) is 12.4. The molecule has 21 heavy (non-hydrogen) atoms. The van der Waals surface area contributed by atoms with E-state index in [9.17, 15) is 4.39 Å². The fraction of sp³-hybridized carbons (Fsp3) is 0.235. The Morgan fingerprint density at radius 2 is 1.90 bits per heavy atom. The van der Waals surface area contributed by atoms with Gasteiger partial charge in [0.05, 0.1) is 5.56 Å². The number of rotatable bonds is 4. The predicted molar refractivity (Wildman–Crippen MR) is 82.8 cm³/mol. The van der Waals surface area contributed by atoms with Crippen LogP contribution >= 0.6 is 0 Å². The number of ether oxygens (including phenoxy) is 1. The number of hydrogen-bond donors (Lipinski definition) is 2. The topological polar surface area (TPSA) is 59.1 Å². The van der Waals surface area contributed by atoms with Crippen molar-refractivity contribution >= 4 is 5.84 Å². The van der Waals surface area contributed by atoms with Crippen molar-refractivity contribution in [3.05, 3.63) is 58.9 Å². The molecule has 110 valence electrons. The zero-order valence-corrected chi connectivity index (χ0v) is 12.4. The highest BCUT2D eigenvalue weighted by atomic mass is 19.1. The summed E-state index contributed by atoms with van der Waals surface area (Å²) in [7, 11) is 0. The van der Waals surface area contributed by atoms with Gasteiger partial charge in [-0.1, -0.05) is 19.9 Å². The Morgan fingerprint density at radius 3 is 2.48 bits per heavy atom. The van der Waals surface area contributed by atoms with Crippen molar-refractivity contribution in [2.75, 3.05) is 0 Å². The van der Waals surface area contributed by atoms with Gasteiger partial charge in [0.1, 0.15) is 23.2 Å². The Hall–Kier alpha value is -2.36. The third kappa shape index (κ3) is 3.40. The molecule has 2 aromatic rings. The van der Waals surface area contributed by atoms with E-state index in [-0.39, 0.29) is 11.4 Å². The number of nitrogens with two attached hydrogens (primary N) is 1. The van der Waals surface area contributed by atoms with Crippen molar-refractivity contribution < 1.29 is 9.13 Å². The summed E-state index contributed by atoms with van der Waals surface area (Å²) in [6.07, 6.45) is 0. The fourth-order valence-corrected chi connectivity index (χ4v) is 2.29. The summed E-state index contributed by atoms with van der Waals surface area (Å²) in [5.74, 6) is 0.795. The predicted octanol–water partition coefficient (Wildman–Crippen LogP) is 4.33. The van der Waals surface area contributed by atoms with E-state index < -0.39 is 5.82 Å². The van der Waals surface area contributed by atoms with E-state index in [1.807, 2.05) is 25.1 Å². The maximum atomic E-state index is 13.2. The molecule has 0 fully saturated rings. The number of hydrogen-bond acceptors (Lipinski definition) is 2. The van der Waals surface area contributed by atoms with E-state index in [1.54, 1.807) is 0 Å². The van der Waals surface area contributed by atoms with Crippen molar-refractivity contribution in [1.82, 2.24) is 0 Å². The molecule has 0 aliphatic heterocycles. The highest BCUT2D eigenvalue weighted by Gasteiger charge is 2.11. The minimum Gasteiger partial charge on any atom is -0.457 e. The van der Waals surface area contributed by atoms with Crippen LogP contribution in [0.5, 0.6) is 11.5 Å². The average molecular weight is 286 g/mol. The third-order valence-corrected chi connectivity index (χ3v) is 3.32. The van der Waals surface area contributed by atoms with Crippen LogP contribution in [-0.2, 0) is 0 Å². The van der Waals surface area contributed by atoms with Crippen molar-refractivity contribution in [3.63, 3.8) is 0 Å². The molecule has 2 rings (SSSR count). The van der Waals surface area contributed by atoms with Gasteiger partial charge in [-0.2, -0.15) is 0 Å². The van der Waals surface area contributed by atoms with Crippen LogP contribution in [0.15, 0.2) is 36.4 Å². The fourth-order valence-electron chi connectivity index (χ4n) is 2.29. The van der Waals surface area contributed by atoms with E-state index in [4.69, 9.17) is 15.9 Å². The molecule has 0 atom stereocenters. The van der Waals surface area contributed by atoms with Crippen LogP contribution in [0, 0.1) is 18.2 Å². The molecule has 0 radical (unpaired) electrons.